The molecule has 1 heteroatoms. The van der Waals surface area contributed by atoms with E-state index in [-0.39, 0.29) is 0 Å². The van der Waals surface area contributed by atoms with Crippen molar-refractivity contribution in [3.05, 3.63) is 47.7 Å². The van der Waals surface area contributed by atoms with E-state index >= 15 is 0 Å². The minimum atomic E-state index is 0.896. The standard InChI is InChI=1S/C10H9N/c1-8-6-9-4-2-3-5-10(9)7-11-8/h2-5,7H,1,6H2. The van der Waals surface area contributed by atoms with Crippen LogP contribution in [-0.2, 0) is 6.42 Å². The summed E-state index contributed by atoms with van der Waals surface area (Å²) in [5.41, 5.74) is 3.50. The third-order valence-corrected chi connectivity index (χ3v) is 1.84. The first-order chi connectivity index (χ1) is 5.36. The number of allylic oxidation sites excluding steroid dienone is 1. The van der Waals surface area contributed by atoms with Crippen molar-refractivity contribution in [2.75, 3.05) is 0 Å². The zero-order valence-electron chi connectivity index (χ0n) is 6.25. The van der Waals surface area contributed by atoms with Gasteiger partial charge < -0.3 is 0 Å². The number of hydrogen-bond donors (Lipinski definition) is 0. The predicted octanol–water partition coefficient (Wildman–Crippen LogP) is 2.18. The molecule has 1 nitrogen and oxygen atoms in total. The maximum atomic E-state index is 4.15. The average molecular weight is 143 g/mol. The first-order valence-electron chi connectivity index (χ1n) is 3.66. The fourth-order valence-electron chi connectivity index (χ4n) is 1.25. The molecule has 1 aliphatic heterocycles. The summed E-state index contributed by atoms with van der Waals surface area (Å²) in [4.78, 5) is 4.15. The molecule has 0 fully saturated rings. The van der Waals surface area contributed by atoms with Crippen molar-refractivity contribution in [2.45, 2.75) is 6.42 Å². The smallest absolute Gasteiger partial charge is 0.0376 e. The molecule has 0 amide bonds. The van der Waals surface area contributed by atoms with Crippen molar-refractivity contribution in [1.82, 2.24) is 0 Å². The Bertz CT molecular complexity index is 323. The van der Waals surface area contributed by atoms with Gasteiger partial charge in [0.15, 0.2) is 0 Å². The van der Waals surface area contributed by atoms with Crippen molar-refractivity contribution in [3.8, 4) is 0 Å². The average Bonchev–Trinajstić information content (AvgIpc) is 2.04. The van der Waals surface area contributed by atoms with Gasteiger partial charge in [0.25, 0.3) is 0 Å². The number of benzene rings is 1. The van der Waals surface area contributed by atoms with Crippen molar-refractivity contribution in [2.24, 2.45) is 4.99 Å². The molecule has 1 aromatic carbocycles. The van der Waals surface area contributed by atoms with Crippen molar-refractivity contribution in [1.29, 1.82) is 0 Å². The quantitative estimate of drug-likeness (QED) is 0.527. The van der Waals surface area contributed by atoms with Crippen LogP contribution in [0.5, 0.6) is 0 Å². The lowest BCUT2D eigenvalue weighted by molar-refractivity contribution is 1.10. The fourth-order valence-corrected chi connectivity index (χ4v) is 1.25. The van der Waals surface area contributed by atoms with Gasteiger partial charge in [0, 0.05) is 18.3 Å². The minimum Gasteiger partial charge on any atom is -0.261 e. The molecule has 0 aromatic heterocycles. The van der Waals surface area contributed by atoms with Crippen LogP contribution in [0.1, 0.15) is 11.1 Å². The third kappa shape index (κ3) is 1.09. The molecule has 0 atom stereocenters. The largest absolute Gasteiger partial charge is 0.261 e. The van der Waals surface area contributed by atoms with Gasteiger partial charge in [0.1, 0.15) is 0 Å². The molecule has 0 spiro atoms. The highest BCUT2D eigenvalue weighted by Gasteiger charge is 2.04. The summed E-state index contributed by atoms with van der Waals surface area (Å²) in [5, 5.41) is 0. The van der Waals surface area contributed by atoms with E-state index in [0.717, 1.165) is 12.1 Å². The summed E-state index contributed by atoms with van der Waals surface area (Å²) in [6.07, 6.45) is 2.77. The van der Waals surface area contributed by atoms with E-state index in [9.17, 15) is 0 Å². The van der Waals surface area contributed by atoms with Gasteiger partial charge in [-0.25, -0.2) is 0 Å². The minimum absolute atomic E-state index is 0.896. The van der Waals surface area contributed by atoms with Crippen LogP contribution in [0.4, 0.5) is 0 Å². The number of rotatable bonds is 0. The fraction of sp³-hybridized carbons (Fsp3) is 0.100. The molecule has 0 saturated heterocycles. The molecule has 11 heavy (non-hydrogen) atoms. The molecule has 1 aromatic rings. The Morgan fingerprint density at radius 2 is 2.09 bits per heavy atom. The van der Waals surface area contributed by atoms with Crippen LogP contribution >= 0.6 is 0 Å². The van der Waals surface area contributed by atoms with E-state index in [1.165, 1.54) is 11.1 Å². The van der Waals surface area contributed by atoms with Gasteiger partial charge in [-0.15, -0.1) is 0 Å². The van der Waals surface area contributed by atoms with Crippen LogP contribution in [0.2, 0.25) is 0 Å². The molecule has 0 unspecified atom stereocenters. The van der Waals surface area contributed by atoms with E-state index in [4.69, 9.17) is 0 Å². The van der Waals surface area contributed by atoms with E-state index in [1.54, 1.807) is 0 Å². The highest BCUT2D eigenvalue weighted by atomic mass is 14.7. The monoisotopic (exact) mass is 143 g/mol. The summed E-state index contributed by atoms with van der Waals surface area (Å²) < 4.78 is 0. The molecule has 0 bridgehead atoms. The van der Waals surface area contributed by atoms with Crippen LogP contribution in [0.15, 0.2) is 41.5 Å². The Balaban J connectivity index is 2.54. The predicted molar refractivity (Wildman–Crippen MR) is 46.9 cm³/mol. The lowest BCUT2D eigenvalue weighted by Crippen LogP contribution is -1.99. The summed E-state index contributed by atoms with van der Waals surface area (Å²) in [6, 6.07) is 8.27. The van der Waals surface area contributed by atoms with Gasteiger partial charge in [0.05, 0.1) is 0 Å². The normalized spacial score (nSPS) is 14.7. The van der Waals surface area contributed by atoms with Crippen molar-refractivity contribution in [3.63, 3.8) is 0 Å². The maximum Gasteiger partial charge on any atom is 0.0376 e. The molecule has 0 radical (unpaired) electrons. The third-order valence-electron chi connectivity index (χ3n) is 1.84. The van der Waals surface area contributed by atoms with E-state index in [2.05, 4.69) is 23.7 Å². The SMILES string of the molecule is C=C1Cc2ccccc2C=N1. The van der Waals surface area contributed by atoms with Crippen LogP contribution in [0.25, 0.3) is 0 Å². The number of aliphatic imine (C=N–C) groups is 1. The van der Waals surface area contributed by atoms with Crippen molar-refractivity contribution >= 4 is 6.21 Å². The zero-order chi connectivity index (χ0) is 7.68. The van der Waals surface area contributed by atoms with Crippen LogP contribution < -0.4 is 0 Å². The van der Waals surface area contributed by atoms with Crippen molar-refractivity contribution < 1.29 is 0 Å². The molecule has 0 aliphatic carbocycles. The molecule has 1 heterocycles. The molecular weight excluding hydrogens is 134 g/mol. The Kier molecular flexibility index (Phi) is 1.35. The first kappa shape index (κ1) is 6.35. The Morgan fingerprint density at radius 1 is 1.27 bits per heavy atom. The summed E-state index contributed by atoms with van der Waals surface area (Å²) in [7, 11) is 0. The highest BCUT2D eigenvalue weighted by molar-refractivity contribution is 5.84. The zero-order valence-corrected chi connectivity index (χ0v) is 6.25. The molecule has 54 valence electrons. The second-order valence-electron chi connectivity index (χ2n) is 2.70. The second kappa shape index (κ2) is 2.35. The molecule has 1 aliphatic rings. The number of nitrogens with zero attached hydrogens (tertiary/aromatic N) is 1. The van der Waals surface area contributed by atoms with Crippen LogP contribution in [0.3, 0.4) is 0 Å². The van der Waals surface area contributed by atoms with Crippen LogP contribution in [-0.4, -0.2) is 6.21 Å². The van der Waals surface area contributed by atoms with Gasteiger partial charge in [-0.3, -0.25) is 4.99 Å². The van der Waals surface area contributed by atoms with Gasteiger partial charge in [-0.1, -0.05) is 30.8 Å². The van der Waals surface area contributed by atoms with Gasteiger partial charge in [0.2, 0.25) is 0 Å². The molecule has 2 rings (SSSR count). The first-order valence-corrected chi connectivity index (χ1v) is 3.66. The summed E-state index contributed by atoms with van der Waals surface area (Å²) in [5.74, 6) is 0. The van der Waals surface area contributed by atoms with Gasteiger partial charge >= 0.3 is 0 Å². The van der Waals surface area contributed by atoms with Crippen LogP contribution in [0, 0.1) is 0 Å². The Hall–Kier alpha value is -1.37. The summed E-state index contributed by atoms with van der Waals surface area (Å²) in [6.45, 7) is 3.82. The topological polar surface area (TPSA) is 12.4 Å². The lowest BCUT2D eigenvalue weighted by Gasteiger charge is -2.09. The Morgan fingerprint density at radius 3 is 3.00 bits per heavy atom. The summed E-state index contributed by atoms with van der Waals surface area (Å²) >= 11 is 0. The maximum absolute atomic E-state index is 4.15. The molecule has 0 saturated carbocycles. The van der Waals surface area contributed by atoms with E-state index in [1.807, 2.05) is 18.3 Å². The number of hydrogen-bond acceptors (Lipinski definition) is 1. The highest BCUT2D eigenvalue weighted by Crippen LogP contribution is 2.16. The molecule has 0 N–H and O–H groups in total. The van der Waals surface area contributed by atoms with E-state index < -0.39 is 0 Å². The number of fused-ring (bicyclic) bond motifs is 1. The molecular formula is C10H9N. The second-order valence-corrected chi connectivity index (χ2v) is 2.70. The van der Waals surface area contributed by atoms with Gasteiger partial charge in [-0.2, -0.15) is 0 Å². The van der Waals surface area contributed by atoms with Gasteiger partial charge in [-0.05, 0) is 11.1 Å². The lowest BCUT2D eigenvalue weighted by atomic mass is 10.0. The van der Waals surface area contributed by atoms with E-state index in [0.29, 0.717) is 0 Å². The Labute approximate surface area is 66.1 Å².